The first-order valence-electron chi connectivity index (χ1n) is 12.3. The van der Waals surface area contributed by atoms with Gasteiger partial charge in [0.05, 0.1) is 0 Å². The standard InChI is InChI=1S/C28H38N2O3/c1-4-25(28(32)29-24-15-9-6-10-16-24)30(19-18-23-13-7-5-8-14-23)27(31)20-33-26-17-11-12-21(2)22(26)3/h5,7-8,11-14,17,24-25H,4,6,9-10,15-16,18-20H2,1-3H3,(H,29,32). The van der Waals surface area contributed by atoms with Crippen molar-refractivity contribution in [3.05, 3.63) is 65.2 Å². The molecule has 0 aromatic heterocycles. The minimum absolute atomic E-state index is 0.0439. The average molecular weight is 451 g/mol. The van der Waals surface area contributed by atoms with Gasteiger partial charge < -0.3 is 15.0 Å². The Labute approximate surface area is 198 Å². The molecule has 5 nitrogen and oxygen atoms in total. The maximum Gasteiger partial charge on any atom is 0.261 e. The molecule has 1 aliphatic carbocycles. The Kier molecular flexibility index (Phi) is 9.35. The number of rotatable bonds is 10. The van der Waals surface area contributed by atoms with Gasteiger partial charge in [0.1, 0.15) is 11.8 Å². The van der Waals surface area contributed by atoms with Crippen molar-refractivity contribution in [2.24, 2.45) is 0 Å². The molecule has 0 radical (unpaired) electrons. The summed E-state index contributed by atoms with van der Waals surface area (Å²) in [5.41, 5.74) is 3.30. The highest BCUT2D eigenvalue weighted by atomic mass is 16.5. The molecule has 0 bridgehead atoms. The lowest BCUT2D eigenvalue weighted by molar-refractivity contribution is -0.142. The van der Waals surface area contributed by atoms with Crippen LogP contribution in [0.15, 0.2) is 48.5 Å². The van der Waals surface area contributed by atoms with E-state index < -0.39 is 6.04 Å². The van der Waals surface area contributed by atoms with Gasteiger partial charge in [-0.2, -0.15) is 0 Å². The van der Waals surface area contributed by atoms with Crippen molar-refractivity contribution >= 4 is 11.8 Å². The predicted octanol–water partition coefficient (Wildman–Crippen LogP) is 4.98. The predicted molar refractivity (Wildman–Crippen MR) is 132 cm³/mol. The molecule has 2 amide bonds. The third-order valence-corrected chi connectivity index (χ3v) is 6.73. The fourth-order valence-corrected chi connectivity index (χ4v) is 4.54. The third kappa shape index (κ3) is 7.08. The van der Waals surface area contributed by atoms with Crippen molar-refractivity contribution in [3.8, 4) is 5.75 Å². The van der Waals surface area contributed by atoms with E-state index in [0.717, 1.165) is 42.4 Å². The van der Waals surface area contributed by atoms with Gasteiger partial charge in [-0.1, -0.05) is 68.7 Å². The molecular formula is C28H38N2O3. The highest BCUT2D eigenvalue weighted by Gasteiger charge is 2.30. The van der Waals surface area contributed by atoms with E-state index in [4.69, 9.17) is 4.74 Å². The van der Waals surface area contributed by atoms with Crippen LogP contribution in [-0.4, -0.2) is 41.9 Å². The van der Waals surface area contributed by atoms with Crippen LogP contribution < -0.4 is 10.1 Å². The number of carbonyl (C=O) groups excluding carboxylic acids is 2. The van der Waals surface area contributed by atoms with Crippen LogP contribution in [0.1, 0.15) is 62.1 Å². The first kappa shape index (κ1) is 24.8. The summed E-state index contributed by atoms with van der Waals surface area (Å²) in [7, 11) is 0. The fraction of sp³-hybridized carbons (Fsp3) is 0.500. The topological polar surface area (TPSA) is 58.6 Å². The Morgan fingerprint density at radius 1 is 1.03 bits per heavy atom. The number of nitrogens with zero attached hydrogens (tertiary/aromatic N) is 1. The zero-order chi connectivity index (χ0) is 23.6. The zero-order valence-electron chi connectivity index (χ0n) is 20.3. The minimum Gasteiger partial charge on any atom is -0.483 e. The van der Waals surface area contributed by atoms with E-state index in [1.807, 2.05) is 57.2 Å². The van der Waals surface area contributed by atoms with E-state index in [-0.39, 0.29) is 24.5 Å². The summed E-state index contributed by atoms with van der Waals surface area (Å²) in [5.74, 6) is 0.515. The zero-order valence-corrected chi connectivity index (χ0v) is 20.3. The monoisotopic (exact) mass is 450 g/mol. The second kappa shape index (κ2) is 12.4. The number of carbonyl (C=O) groups is 2. The summed E-state index contributed by atoms with van der Waals surface area (Å²) in [5, 5.41) is 3.22. The van der Waals surface area contributed by atoms with E-state index in [1.54, 1.807) is 4.90 Å². The van der Waals surface area contributed by atoms with Gasteiger partial charge in [0.15, 0.2) is 6.61 Å². The van der Waals surface area contributed by atoms with E-state index in [2.05, 4.69) is 17.4 Å². The molecule has 0 spiro atoms. The van der Waals surface area contributed by atoms with Gasteiger partial charge in [-0.3, -0.25) is 9.59 Å². The van der Waals surface area contributed by atoms with Crippen LogP contribution in [0.4, 0.5) is 0 Å². The van der Waals surface area contributed by atoms with Gasteiger partial charge in [0.25, 0.3) is 5.91 Å². The van der Waals surface area contributed by atoms with Crippen LogP contribution in [-0.2, 0) is 16.0 Å². The number of hydrogen-bond donors (Lipinski definition) is 1. The summed E-state index contributed by atoms with van der Waals surface area (Å²) in [6.07, 6.45) is 6.86. The normalized spacial score (nSPS) is 15.0. The molecule has 178 valence electrons. The van der Waals surface area contributed by atoms with Gasteiger partial charge >= 0.3 is 0 Å². The second-order valence-electron chi connectivity index (χ2n) is 9.08. The lowest BCUT2D eigenvalue weighted by Gasteiger charge is -2.32. The van der Waals surface area contributed by atoms with Gasteiger partial charge in [0.2, 0.25) is 5.91 Å². The maximum absolute atomic E-state index is 13.4. The Balaban J connectivity index is 1.72. The molecule has 1 saturated carbocycles. The smallest absolute Gasteiger partial charge is 0.261 e. The van der Waals surface area contributed by atoms with E-state index in [0.29, 0.717) is 25.1 Å². The number of aryl methyl sites for hydroxylation is 1. The molecule has 3 rings (SSSR count). The summed E-state index contributed by atoms with van der Waals surface area (Å²) >= 11 is 0. The van der Waals surface area contributed by atoms with Crippen LogP contribution in [0.5, 0.6) is 5.75 Å². The first-order valence-corrected chi connectivity index (χ1v) is 12.3. The quantitative estimate of drug-likeness (QED) is 0.555. The van der Waals surface area contributed by atoms with Crippen LogP contribution in [0, 0.1) is 13.8 Å². The molecule has 0 saturated heterocycles. The maximum atomic E-state index is 13.4. The number of benzene rings is 2. The molecular weight excluding hydrogens is 412 g/mol. The summed E-state index contributed by atoms with van der Waals surface area (Å²) in [6, 6.07) is 15.7. The average Bonchev–Trinajstić information content (AvgIpc) is 2.83. The van der Waals surface area contributed by atoms with Crippen LogP contribution in [0.3, 0.4) is 0 Å². The highest BCUT2D eigenvalue weighted by Crippen LogP contribution is 2.21. The molecule has 0 aliphatic heterocycles. The number of nitrogens with one attached hydrogen (secondary N) is 1. The van der Waals surface area contributed by atoms with Crippen molar-refractivity contribution in [2.45, 2.75) is 77.8 Å². The van der Waals surface area contributed by atoms with Gasteiger partial charge in [-0.25, -0.2) is 0 Å². The summed E-state index contributed by atoms with van der Waals surface area (Å²) in [4.78, 5) is 28.3. The first-order chi connectivity index (χ1) is 16.0. The molecule has 1 fully saturated rings. The molecule has 2 aromatic rings. The van der Waals surface area contributed by atoms with Crippen LogP contribution >= 0.6 is 0 Å². The Morgan fingerprint density at radius 3 is 2.45 bits per heavy atom. The lowest BCUT2D eigenvalue weighted by atomic mass is 9.95. The van der Waals surface area contributed by atoms with Crippen molar-refractivity contribution < 1.29 is 14.3 Å². The molecule has 0 heterocycles. The number of hydrogen-bond acceptors (Lipinski definition) is 3. The summed E-state index contributed by atoms with van der Waals surface area (Å²) < 4.78 is 5.91. The Hall–Kier alpha value is -2.82. The molecule has 1 N–H and O–H groups in total. The Morgan fingerprint density at radius 2 is 1.76 bits per heavy atom. The SMILES string of the molecule is CCC(C(=O)NC1CCCCC1)N(CCc1ccccc1)C(=O)COc1cccc(C)c1C. The second-order valence-corrected chi connectivity index (χ2v) is 9.08. The molecule has 5 heteroatoms. The van der Waals surface area contributed by atoms with Crippen molar-refractivity contribution in [1.82, 2.24) is 10.2 Å². The van der Waals surface area contributed by atoms with Crippen molar-refractivity contribution in [3.63, 3.8) is 0 Å². The Bertz CT molecular complexity index is 907. The third-order valence-electron chi connectivity index (χ3n) is 6.73. The van der Waals surface area contributed by atoms with Gasteiger partial charge in [-0.15, -0.1) is 0 Å². The number of ether oxygens (including phenoxy) is 1. The molecule has 33 heavy (non-hydrogen) atoms. The summed E-state index contributed by atoms with van der Waals surface area (Å²) in [6.45, 7) is 6.40. The molecule has 1 aliphatic rings. The lowest BCUT2D eigenvalue weighted by Crippen LogP contribution is -2.53. The van der Waals surface area contributed by atoms with Crippen LogP contribution in [0.2, 0.25) is 0 Å². The molecule has 2 aromatic carbocycles. The molecule has 1 unspecified atom stereocenters. The van der Waals surface area contributed by atoms with Crippen molar-refractivity contribution in [1.29, 1.82) is 0 Å². The largest absolute Gasteiger partial charge is 0.483 e. The van der Waals surface area contributed by atoms with E-state index in [9.17, 15) is 9.59 Å². The number of amides is 2. The van der Waals surface area contributed by atoms with E-state index in [1.165, 1.54) is 6.42 Å². The van der Waals surface area contributed by atoms with Gasteiger partial charge in [-0.05, 0) is 62.3 Å². The fourth-order valence-electron chi connectivity index (χ4n) is 4.54. The minimum atomic E-state index is -0.495. The van der Waals surface area contributed by atoms with Gasteiger partial charge in [0, 0.05) is 12.6 Å². The molecule has 1 atom stereocenters. The van der Waals surface area contributed by atoms with Crippen molar-refractivity contribution in [2.75, 3.05) is 13.2 Å². The van der Waals surface area contributed by atoms with E-state index >= 15 is 0 Å². The highest BCUT2D eigenvalue weighted by molar-refractivity contribution is 5.88. The van der Waals surface area contributed by atoms with Crippen LogP contribution in [0.25, 0.3) is 0 Å².